The molecule has 2 aromatic rings. The van der Waals surface area contributed by atoms with Crippen LogP contribution in [0.25, 0.3) is 0 Å². The first-order chi connectivity index (χ1) is 18.5. The van der Waals surface area contributed by atoms with E-state index in [-0.39, 0.29) is 24.1 Å². The Balaban J connectivity index is 1.43. The number of likely N-dealkylation sites (N-methyl/N-ethyl adjacent to an activating group) is 1. The molecule has 4 rings (SSSR count). The van der Waals surface area contributed by atoms with Gasteiger partial charge >= 0.3 is 0 Å². The number of carbonyl (C=O) groups is 3. The molecule has 2 heterocycles. The average Bonchev–Trinajstić information content (AvgIpc) is 2.87. The highest BCUT2D eigenvalue weighted by atomic mass is 35.5. The van der Waals surface area contributed by atoms with Gasteiger partial charge < -0.3 is 19.6 Å². The van der Waals surface area contributed by atoms with E-state index in [0.717, 1.165) is 48.4 Å². The van der Waals surface area contributed by atoms with Crippen LogP contribution < -0.4 is 0 Å². The summed E-state index contributed by atoms with van der Waals surface area (Å²) in [5.41, 5.74) is 3.30. The lowest BCUT2D eigenvalue weighted by molar-refractivity contribution is -0.164. The van der Waals surface area contributed by atoms with Crippen LogP contribution in [0.15, 0.2) is 42.5 Å². The molecule has 1 unspecified atom stereocenters. The highest BCUT2D eigenvalue weighted by Gasteiger charge is 2.50. The SMILES string of the molecule is Cc1cc(C)cc(CC(=O)N2CCC2(C)C(=O)N(CCCC(=O)N2CCN(C)CC2)Cc2ccc(Cl)cc2)c1. The van der Waals surface area contributed by atoms with E-state index in [1.54, 1.807) is 4.90 Å². The first-order valence-corrected chi connectivity index (χ1v) is 14.3. The summed E-state index contributed by atoms with van der Waals surface area (Å²) in [4.78, 5) is 47.9. The van der Waals surface area contributed by atoms with Gasteiger partial charge in [0.05, 0.1) is 6.42 Å². The predicted molar refractivity (Wildman–Crippen MR) is 155 cm³/mol. The van der Waals surface area contributed by atoms with Crippen molar-refractivity contribution in [3.05, 3.63) is 69.7 Å². The number of nitrogens with zero attached hydrogens (tertiary/aromatic N) is 4. The van der Waals surface area contributed by atoms with Gasteiger partial charge in [0.1, 0.15) is 5.54 Å². The largest absolute Gasteiger partial charge is 0.340 e. The highest BCUT2D eigenvalue weighted by Crippen LogP contribution is 2.34. The third-order valence-electron chi connectivity index (χ3n) is 8.07. The van der Waals surface area contributed by atoms with Gasteiger partial charge in [-0.2, -0.15) is 0 Å². The maximum Gasteiger partial charge on any atom is 0.248 e. The lowest BCUT2D eigenvalue weighted by atomic mass is 9.84. The third-order valence-corrected chi connectivity index (χ3v) is 8.32. The summed E-state index contributed by atoms with van der Waals surface area (Å²) in [6, 6.07) is 13.6. The molecule has 7 nitrogen and oxygen atoms in total. The van der Waals surface area contributed by atoms with Crippen LogP contribution >= 0.6 is 11.6 Å². The molecule has 2 fully saturated rings. The van der Waals surface area contributed by atoms with Crippen molar-refractivity contribution in [1.29, 1.82) is 0 Å². The van der Waals surface area contributed by atoms with Crippen LogP contribution in [0.5, 0.6) is 0 Å². The lowest BCUT2D eigenvalue weighted by Gasteiger charge is -2.51. The van der Waals surface area contributed by atoms with Crippen LogP contribution in [-0.4, -0.2) is 89.2 Å². The summed E-state index contributed by atoms with van der Waals surface area (Å²) in [6.07, 6.45) is 1.89. The zero-order valence-electron chi connectivity index (χ0n) is 23.7. The Hall–Kier alpha value is -2.90. The van der Waals surface area contributed by atoms with Crippen molar-refractivity contribution < 1.29 is 14.4 Å². The standard InChI is InChI=1S/C31H41ClN4O3/c1-23-18-24(2)20-26(19-23)21-29(38)36-13-11-31(36,3)30(39)35(22-25-7-9-27(32)10-8-25)12-5-6-28(37)34-16-14-33(4)15-17-34/h7-10,18-20H,5-6,11-17,21-22H2,1-4H3. The first-order valence-electron chi connectivity index (χ1n) is 13.9. The molecular formula is C31H41ClN4O3. The molecule has 0 bridgehead atoms. The van der Waals surface area contributed by atoms with Gasteiger partial charge in [0.25, 0.3) is 0 Å². The van der Waals surface area contributed by atoms with Crippen molar-refractivity contribution in [3.8, 4) is 0 Å². The van der Waals surface area contributed by atoms with E-state index in [0.29, 0.717) is 43.9 Å². The zero-order valence-corrected chi connectivity index (χ0v) is 24.5. The molecule has 2 aliphatic heterocycles. The lowest BCUT2D eigenvalue weighted by Crippen LogP contribution is -2.68. The molecule has 210 valence electrons. The van der Waals surface area contributed by atoms with Gasteiger partial charge in [-0.3, -0.25) is 14.4 Å². The number of benzene rings is 2. The minimum absolute atomic E-state index is 0.0289. The second-order valence-corrected chi connectivity index (χ2v) is 11.8. The van der Waals surface area contributed by atoms with Gasteiger partial charge in [-0.15, -0.1) is 0 Å². The number of halogens is 1. The molecule has 2 aromatic carbocycles. The van der Waals surface area contributed by atoms with Gasteiger partial charge in [0.15, 0.2) is 0 Å². The number of aryl methyl sites for hydroxylation is 2. The smallest absolute Gasteiger partial charge is 0.248 e. The predicted octanol–water partition coefficient (Wildman–Crippen LogP) is 4.07. The molecule has 0 N–H and O–H groups in total. The Bertz CT molecular complexity index is 1170. The summed E-state index contributed by atoms with van der Waals surface area (Å²) in [5, 5.41) is 0.642. The number of rotatable bonds is 9. The Morgan fingerprint density at radius 1 is 0.897 bits per heavy atom. The third kappa shape index (κ3) is 7.20. The van der Waals surface area contributed by atoms with Crippen molar-refractivity contribution in [3.63, 3.8) is 0 Å². The van der Waals surface area contributed by atoms with Crippen LogP contribution in [0.1, 0.15) is 48.4 Å². The van der Waals surface area contributed by atoms with Crippen LogP contribution in [-0.2, 0) is 27.3 Å². The Morgan fingerprint density at radius 3 is 2.13 bits per heavy atom. The molecule has 2 saturated heterocycles. The molecule has 0 aromatic heterocycles. The summed E-state index contributed by atoms with van der Waals surface area (Å²) in [6.45, 7) is 10.6. The van der Waals surface area contributed by atoms with Crippen LogP contribution in [0, 0.1) is 13.8 Å². The molecule has 1 atom stereocenters. The maximum absolute atomic E-state index is 14.0. The fourth-order valence-electron chi connectivity index (χ4n) is 5.66. The van der Waals surface area contributed by atoms with E-state index < -0.39 is 5.54 Å². The van der Waals surface area contributed by atoms with Crippen molar-refractivity contribution >= 4 is 29.3 Å². The first kappa shape index (κ1) is 29.1. The molecule has 2 aliphatic rings. The minimum Gasteiger partial charge on any atom is -0.340 e. The second kappa shape index (κ2) is 12.5. The van der Waals surface area contributed by atoms with Crippen molar-refractivity contribution in [1.82, 2.24) is 19.6 Å². The van der Waals surface area contributed by atoms with E-state index in [2.05, 4.69) is 18.0 Å². The summed E-state index contributed by atoms with van der Waals surface area (Å²) < 4.78 is 0. The molecule has 8 heteroatoms. The van der Waals surface area contributed by atoms with Crippen LogP contribution in [0.3, 0.4) is 0 Å². The highest BCUT2D eigenvalue weighted by molar-refractivity contribution is 6.30. The number of piperazine rings is 1. The van der Waals surface area contributed by atoms with E-state index in [9.17, 15) is 14.4 Å². The number of amides is 3. The number of likely N-dealkylation sites (tertiary alicyclic amines) is 1. The zero-order chi connectivity index (χ0) is 28.2. The molecule has 39 heavy (non-hydrogen) atoms. The van der Waals surface area contributed by atoms with Gasteiger partial charge in [0, 0.05) is 57.3 Å². The fourth-order valence-corrected chi connectivity index (χ4v) is 5.79. The molecule has 0 aliphatic carbocycles. The van der Waals surface area contributed by atoms with Crippen LogP contribution in [0.4, 0.5) is 0 Å². The van der Waals surface area contributed by atoms with Gasteiger partial charge in [-0.05, 0) is 63.9 Å². The number of hydrogen-bond acceptors (Lipinski definition) is 4. The fraction of sp³-hybridized carbons (Fsp3) is 0.516. The molecular weight excluding hydrogens is 512 g/mol. The molecule has 0 saturated carbocycles. The quantitative estimate of drug-likeness (QED) is 0.470. The Kier molecular flexibility index (Phi) is 9.34. The van der Waals surface area contributed by atoms with Crippen molar-refractivity contribution in [2.45, 2.75) is 58.5 Å². The monoisotopic (exact) mass is 552 g/mol. The van der Waals surface area contributed by atoms with E-state index in [1.165, 1.54) is 0 Å². The normalized spacial score (nSPS) is 19.5. The summed E-state index contributed by atoms with van der Waals surface area (Å²) in [7, 11) is 2.07. The Labute approximate surface area is 237 Å². The summed E-state index contributed by atoms with van der Waals surface area (Å²) in [5.74, 6) is 0.0467. The minimum atomic E-state index is -0.885. The maximum atomic E-state index is 14.0. The van der Waals surface area contributed by atoms with Gasteiger partial charge in [-0.1, -0.05) is 53.1 Å². The topological polar surface area (TPSA) is 64.2 Å². The summed E-state index contributed by atoms with van der Waals surface area (Å²) >= 11 is 6.09. The second-order valence-electron chi connectivity index (χ2n) is 11.4. The Morgan fingerprint density at radius 2 is 1.54 bits per heavy atom. The number of carbonyl (C=O) groups excluding carboxylic acids is 3. The van der Waals surface area contributed by atoms with E-state index in [4.69, 9.17) is 11.6 Å². The van der Waals surface area contributed by atoms with E-state index >= 15 is 0 Å². The van der Waals surface area contributed by atoms with Crippen molar-refractivity contribution in [2.24, 2.45) is 0 Å². The average molecular weight is 553 g/mol. The van der Waals surface area contributed by atoms with Crippen molar-refractivity contribution in [2.75, 3.05) is 46.3 Å². The number of hydrogen-bond donors (Lipinski definition) is 0. The molecule has 3 amide bonds. The van der Waals surface area contributed by atoms with E-state index in [1.807, 2.05) is 67.0 Å². The molecule has 0 spiro atoms. The van der Waals surface area contributed by atoms with Crippen LogP contribution in [0.2, 0.25) is 5.02 Å². The van der Waals surface area contributed by atoms with Gasteiger partial charge in [0.2, 0.25) is 17.7 Å². The molecule has 0 radical (unpaired) electrons. The van der Waals surface area contributed by atoms with Gasteiger partial charge in [-0.25, -0.2) is 0 Å².